The van der Waals surface area contributed by atoms with E-state index in [0.29, 0.717) is 6.04 Å². The van der Waals surface area contributed by atoms with Gasteiger partial charge in [-0.3, -0.25) is 4.68 Å². The van der Waals surface area contributed by atoms with Gasteiger partial charge in [0.15, 0.2) is 0 Å². The lowest BCUT2D eigenvalue weighted by atomic mass is 9.96. The van der Waals surface area contributed by atoms with Gasteiger partial charge in [0.05, 0.1) is 15.8 Å². The molecular formula is C9H13IN2. The zero-order valence-electron chi connectivity index (χ0n) is 7.04. The molecule has 0 saturated heterocycles. The molecule has 66 valence electrons. The highest BCUT2D eigenvalue weighted by Crippen LogP contribution is 2.27. The molecule has 1 heterocycles. The first-order chi connectivity index (χ1) is 5.86. The van der Waals surface area contributed by atoms with Crippen molar-refractivity contribution in [1.82, 2.24) is 9.78 Å². The van der Waals surface area contributed by atoms with E-state index in [1.54, 1.807) is 0 Å². The Morgan fingerprint density at radius 1 is 1.33 bits per heavy atom. The summed E-state index contributed by atoms with van der Waals surface area (Å²) < 4.78 is 3.39. The van der Waals surface area contributed by atoms with E-state index >= 15 is 0 Å². The van der Waals surface area contributed by atoms with Gasteiger partial charge in [-0.2, -0.15) is 5.10 Å². The molecular weight excluding hydrogens is 263 g/mol. The highest BCUT2D eigenvalue weighted by atomic mass is 127. The molecule has 1 aliphatic carbocycles. The van der Waals surface area contributed by atoms with Crippen molar-refractivity contribution in [1.29, 1.82) is 0 Å². The second-order valence-electron chi connectivity index (χ2n) is 3.43. The molecule has 1 aromatic heterocycles. The first kappa shape index (κ1) is 8.53. The third-order valence-electron chi connectivity index (χ3n) is 2.52. The molecule has 3 heteroatoms. The summed E-state index contributed by atoms with van der Waals surface area (Å²) in [7, 11) is 0. The van der Waals surface area contributed by atoms with Gasteiger partial charge in [-0.05, 0) is 35.4 Å². The van der Waals surface area contributed by atoms with Gasteiger partial charge in [0, 0.05) is 6.20 Å². The van der Waals surface area contributed by atoms with Crippen molar-refractivity contribution in [3.05, 3.63) is 16.0 Å². The molecule has 0 atom stereocenters. The summed E-state index contributed by atoms with van der Waals surface area (Å²) in [6, 6.07) is 0.683. The summed E-state index contributed by atoms with van der Waals surface area (Å²) in [5.74, 6) is 0. The van der Waals surface area contributed by atoms with Gasteiger partial charge in [0.25, 0.3) is 0 Å². The average Bonchev–Trinajstić information content (AvgIpc) is 2.54. The average molecular weight is 276 g/mol. The second-order valence-corrected chi connectivity index (χ2v) is 4.68. The molecule has 0 N–H and O–H groups in total. The van der Waals surface area contributed by atoms with Gasteiger partial charge in [-0.1, -0.05) is 19.3 Å². The lowest BCUT2D eigenvalue weighted by molar-refractivity contribution is 0.329. The molecule has 12 heavy (non-hydrogen) atoms. The Kier molecular flexibility index (Phi) is 2.68. The van der Waals surface area contributed by atoms with Gasteiger partial charge in [0.1, 0.15) is 0 Å². The molecule has 2 nitrogen and oxygen atoms in total. The molecule has 1 saturated carbocycles. The van der Waals surface area contributed by atoms with Crippen molar-refractivity contribution in [2.75, 3.05) is 0 Å². The summed E-state index contributed by atoms with van der Waals surface area (Å²) in [4.78, 5) is 0. The Hall–Kier alpha value is -0.0600. The minimum Gasteiger partial charge on any atom is -0.269 e. The van der Waals surface area contributed by atoms with E-state index < -0.39 is 0 Å². The summed E-state index contributed by atoms with van der Waals surface area (Å²) >= 11 is 2.31. The smallest absolute Gasteiger partial charge is 0.0623 e. The minimum absolute atomic E-state index is 0.683. The van der Waals surface area contributed by atoms with Crippen LogP contribution in [0, 0.1) is 3.57 Å². The van der Waals surface area contributed by atoms with Crippen LogP contribution < -0.4 is 0 Å². The van der Waals surface area contributed by atoms with E-state index in [0.717, 1.165) is 0 Å². The Bertz CT molecular complexity index is 251. The van der Waals surface area contributed by atoms with Gasteiger partial charge < -0.3 is 0 Å². The third kappa shape index (κ3) is 1.81. The molecule has 0 radical (unpaired) electrons. The quantitative estimate of drug-likeness (QED) is 0.721. The number of rotatable bonds is 1. The van der Waals surface area contributed by atoms with Crippen LogP contribution >= 0.6 is 22.6 Å². The lowest BCUT2D eigenvalue weighted by Gasteiger charge is -2.21. The topological polar surface area (TPSA) is 17.8 Å². The van der Waals surface area contributed by atoms with Gasteiger partial charge in [-0.15, -0.1) is 0 Å². The predicted octanol–water partition coefficient (Wildman–Crippen LogP) is 2.99. The number of hydrogen-bond donors (Lipinski definition) is 0. The number of nitrogens with zero attached hydrogens (tertiary/aromatic N) is 2. The number of hydrogen-bond acceptors (Lipinski definition) is 1. The SMILES string of the molecule is Ic1cnn(C2CCCCC2)c1. The van der Waals surface area contributed by atoms with Crippen LogP contribution in [0.3, 0.4) is 0 Å². The molecule has 0 amide bonds. The molecule has 1 aromatic rings. The van der Waals surface area contributed by atoms with Crippen molar-refractivity contribution in [3.63, 3.8) is 0 Å². The molecule has 1 aliphatic rings. The van der Waals surface area contributed by atoms with Gasteiger partial charge >= 0.3 is 0 Å². The molecule has 0 spiro atoms. The van der Waals surface area contributed by atoms with Crippen LogP contribution in [0.5, 0.6) is 0 Å². The summed E-state index contributed by atoms with van der Waals surface area (Å²) in [5, 5.41) is 4.35. The van der Waals surface area contributed by atoms with E-state index in [-0.39, 0.29) is 0 Å². The molecule has 2 rings (SSSR count). The maximum atomic E-state index is 4.35. The monoisotopic (exact) mass is 276 g/mol. The van der Waals surface area contributed by atoms with E-state index in [1.165, 1.54) is 35.7 Å². The fourth-order valence-electron chi connectivity index (χ4n) is 1.86. The zero-order chi connectivity index (χ0) is 8.39. The van der Waals surface area contributed by atoms with Crippen molar-refractivity contribution >= 4 is 22.6 Å². The summed E-state index contributed by atoms with van der Waals surface area (Å²) in [6.45, 7) is 0. The third-order valence-corrected chi connectivity index (χ3v) is 3.08. The van der Waals surface area contributed by atoms with Crippen molar-refractivity contribution < 1.29 is 0 Å². The minimum atomic E-state index is 0.683. The zero-order valence-corrected chi connectivity index (χ0v) is 9.20. The van der Waals surface area contributed by atoms with E-state index in [2.05, 4.69) is 38.6 Å². The van der Waals surface area contributed by atoms with Crippen molar-refractivity contribution in [2.45, 2.75) is 38.1 Å². The van der Waals surface area contributed by atoms with Crippen LogP contribution in [0.25, 0.3) is 0 Å². The van der Waals surface area contributed by atoms with Gasteiger partial charge in [-0.25, -0.2) is 0 Å². The number of aromatic nitrogens is 2. The van der Waals surface area contributed by atoms with Crippen LogP contribution in [0.4, 0.5) is 0 Å². The van der Waals surface area contributed by atoms with Crippen LogP contribution in [0.15, 0.2) is 12.4 Å². The van der Waals surface area contributed by atoms with Crippen LogP contribution in [-0.2, 0) is 0 Å². The highest BCUT2D eigenvalue weighted by molar-refractivity contribution is 14.1. The molecule has 0 aromatic carbocycles. The normalized spacial score (nSPS) is 19.8. The fraction of sp³-hybridized carbons (Fsp3) is 0.667. The molecule has 0 unspecified atom stereocenters. The predicted molar refractivity (Wildman–Crippen MR) is 57.1 cm³/mol. The maximum Gasteiger partial charge on any atom is 0.0623 e. The first-order valence-electron chi connectivity index (χ1n) is 4.56. The molecule has 0 aliphatic heterocycles. The van der Waals surface area contributed by atoms with Gasteiger partial charge in [0.2, 0.25) is 0 Å². The largest absolute Gasteiger partial charge is 0.269 e. The Morgan fingerprint density at radius 3 is 2.67 bits per heavy atom. The Labute approximate surface area is 86.5 Å². The second kappa shape index (κ2) is 3.77. The molecule has 1 fully saturated rings. The fourth-order valence-corrected chi connectivity index (χ4v) is 2.27. The number of halogens is 1. The first-order valence-corrected chi connectivity index (χ1v) is 5.64. The van der Waals surface area contributed by atoms with E-state index in [4.69, 9.17) is 0 Å². The van der Waals surface area contributed by atoms with Crippen LogP contribution in [0.2, 0.25) is 0 Å². The summed E-state index contributed by atoms with van der Waals surface area (Å²) in [5.41, 5.74) is 0. The lowest BCUT2D eigenvalue weighted by Crippen LogP contribution is -2.12. The van der Waals surface area contributed by atoms with Crippen molar-refractivity contribution in [2.24, 2.45) is 0 Å². The molecule has 0 bridgehead atoms. The summed E-state index contributed by atoms with van der Waals surface area (Å²) in [6.07, 6.45) is 10.9. The highest BCUT2D eigenvalue weighted by Gasteiger charge is 2.15. The van der Waals surface area contributed by atoms with E-state index in [1.807, 2.05) is 6.20 Å². The Balaban J connectivity index is 2.08. The van der Waals surface area contributed by atoms with Crippen LogP contribution in [0.1, 0.15) is 38.1 Å². The Morgan fingerprint density at radius 2 is 2.08 bits per heavy atom. The van der Waals surface area contributed by atoms with E-state index in [9.17, 15) is 0 Å². The van der Waals surface area contributed by atoms with Crippen LogP contribution in [-0.4, -0.2) is 9.78 Å². The maximum absolute atomic E-state index is 4.35. The van der Waals surface area contributed by atoms with Crippen molar-refractivity contribution in [3.8, 4) is 0 Å². The standard InChI is InChI=1S/C9H13IN2/c10-8-6-11-12(7-8)9-4-2-1-3-5-9/h6-7,9H,1-5H2.